The standard InChI is InChI=1S/C13H12N2O7/c1-13(2)21-11(17)7(12(18)22-13)6-14-10-8(15(19)20)4-3-5-9(10)16/h3-6,14,16H,1-2H3. The van der Waals surface area contributed by atoms with Crippen LogP contribution < -0.4 is 5.32 Å². The van der Waals surface area contributed by atoms with Crippen molar-refractivity contribution < 1.29 is 29.1 Å². The van der Waals surface area contributed by atoms with E-state index < -0.39 is 39.7 Å². The van der Waals surface area contributed by atoms with Gasteiger partial charge in [0.15, 0.2) is 11.3 Å². The van der Waals surface area contributed by atoms with Crippen molar-refractivity contribution in [1.82, 2.24) is 0 Å². The summed E-state index contributed by atoms with van der Waals surface area (Å²) in [5.41, 5.74) is -1.16. The SMILES string of the molecule is CC1(C)OC(=O)C(=CNc2c(O)cccc2[N+](=O)[O-])C(=O)O1. The largest absolute Gasteiger partial charge is 0.505 e. The van der Waals surface area contributed by atoms with Crippen molar-refractivity contribution in [3.05, 3.63) is 40.1 Å². The summed E-state index contributed by atoms with van der Waals surface area (Å²) in [5.74, 6) is -3.67. The maximum atomic E-state index is 11.7. The predicted molar refractivity (Wildman–Crippen MR) is 72.7 cm³/mol. The van der Waals surface area contributed by atoms with Gasteiger partial charge in [0.1, 0.15) is 5.75 Å². The molecule has 0 bridgehead atoms. The molecule has 1 saturated heterocycles. The van der Waals surface area contributed by atoms with Crippen molar-refractivity contribution in [2.45, 2.75) is 19.6 Å². The maximum absolute atomic E-state index is 11.7. The lowest BCUT2D eigenvalue weighted by Gasteiger charge is -2.29. The van der Waals surface area contributed by atoms with E-state index in [0.717, 1.165) is 12.3 Å². The number of carbonyl (C=O) groups excluding carboxylic acids is 2. The first-order valence-electron chi connectivity index (χ1n) is 6.11. The molecule has 116 valence electrons. The molecular formula is C13H12N2O7. The second kappa shape index (κ2) is 5.35. The van der Waals surface area contributed by atoms with Gasteiger partial charge in [-0.05, 0) is 6.07 Å². The van der Waals surface area contributed by atoms with Crippen molar-refractivity contribution in [1.29, 1.82) is 0 Å². The Kier molecular flexibility index (Phi) is 3.72. The average Bonchev–Trinajstić information content (AvgIpc) is 2.37. The lowest BCUT2D eigenvalue weighted by atomic mass is 10.2. The molecule has 2 N–H and O–H groups in total. The molecule has 0 aromatic heterocycles. The van der Waals surface area contributed by atoms with Crippen LogP contribution in [0.2, 0.25) is 0 Å². The van der Waals surface area contributed by atoms with Gasteiger partial charge < -0.3 is 19.9 Å². The van der Waals surface area contributed by atoms with Crippen LogP contribution in [-0.2, 0) is 19.1 Å². The number of phenols is 1. The van der Waals surface area contributed by atoms with Crippen molar-refractivity contribution in [3.8, 4) is 5.75 Å². The van der Waals surface area contributed by atoms with Crippen LogP contribution in [0, 0.1) is 10.1 Å². The number of hydrogen-bond acceptors (Lipinski definition) is 8. The monoisotopic (exact) mass is 308 g/mol. The third-order valence-electron chi connectivity index (χ3n) is 2.69. The van der Waals surface area contributed by atoms with Crippen LogP contribution in [0.1, 0.15) is 13.8 Å². The average molecular weight is 308 g/mol. The minimum absolute atomic E-state index is 0.259. The number of carbonyl (C=O) groups is 2. The zero-order chi connectivity index (χ0) is 16.5. The number of ether oxygens (including phenoxy) is 2. The third-order valence-corrected chi connectivity index (χ3v) is 2.69. The van der Waals surface area contributed by atoms with Gasteiger partial charge in [-0.3, -0.25) is 10.1 Å². The van der Waals surface area contributed by atoms with Crippen molar-refractivity contribution >= 4 is 23.3 Å². The number of nitro groups is 1. The number of aromatic hydroxyl groups is 1. The maximum Gasteiger partial charge on any atom is 0.350 e. The molecule has 1 aromatic rings. The summed E-state index contributed by atoms with van der Waals surface area (Å²) in [6.45, 7) is 2.78. The Labute approximate surface area is 124 Å². The molecule has 1 fully saturated rings. The Morgan fingerprint density at radius 3 is 2.41 bits per heavy atom. The van der Waals surface area contributed by atoms with Crippen LogP contribution in [-0.4, -0.2) is 27.8 Å². The molecule has 2 rings (SSSR count). The molecule has 0 saturated carbocycles. The molecule has 9 nitrogen and oxygen atoms in total. The molecule has 0 radical (unpaired) electrons. The second-order valence-electron chi connectivity index (χ2n) is 4.81. The van der Waals surface area contributed by atoms with Gasteiger partial charge in [-0.25, -0.2) is 9.59 Å². The number of rotatable bonds is 3. The van der Waals surface area contributed by atoms with Crippen molar-refractivity contribution in [3.63, 3.8) is 0 Å². The predicted octanol–water partition coefficient (Wildman–Crippen LogP) is 1.43. The molecule has 0 amide bonds. The van der Waals surface area contributed by atoms with E-state index in [0.29, 0.717) is 0 Å². The van der Waals surface area contributed by atoms with Gasteiger partial charge in [0.05, 0.1) is 4.92 Å². The van der Waals surface area contributed by atoms with E-state index in [1.54, 1.807) is 0 Å². The summed E-state index contributed by atoms with van der Waals surface area (Å²) in [6.07, 6.45) is 0.891. The second-order valence-corrected chi connectivity index (χ2v) is 4.81. The number of anilines is 1. The topological polar surface area (TPSA) is 128 Å². The van der Waals surface area contributed by atoms with E-state index in [2.05, 4.69) is 5.32 Å². The van der Waals surface area contributed by atoms with E-state index in [1.807, 2.05) is 0 Å². The van der Waals surface area contributed by atoms with Crippen LogP contribution in [0.4, 0.5) is 11.4 Å². The fraction of sp³-hybridized carbons (Fsp3) is 0.231. The van der Waals surface area contributed by atoms with Crippen molar-refractivity contribution in [2.75, 3.05) is 5.32 Å². The number of cyclic esters (lactones) is 2. The van der Waals surface area contributed by atoms with Crippen LogP contribution in [0.5, 0.6) is 5.75 Å². The summed E-state index contributed by atoms with van der Waals surface area (Å²) in [5, 5.41) is 22.9. The van der Waals surface area contributed by atoms with Crippen LogP contribution in [0.3, 0.4) is 0 Å². The number of nitrogens with one attached hydrogen (secondary N) is 1. The van der Waals surface area contributed by atoms with E-state index >= 15 is 0 Å². The molecule has 0 spiro atoms. The van der Waals surface area contributed by atoms with Gasteiger partial charge in [-0.1, -0.05) is 6.07 Å². The first kappa shape index (κ1) is 15.3. The third kappa shape index (κ3) is 2.97. The number of hydrogen-bond donors (Lipinski definition) is 2. The van der Waals surface area contributed by atoms with Gasteiger partial charge in [0.2, 0.25) is 0 Å². The molecule has 1 aliphatic rings. The molecule has 0 unspecified atom stereocenters. The molecule has 1 aromatic carbocycles. The Morgan fingerprint density at radius 2 is 1.86 bits per heavy atom. The van der Waals surface area contributed by atoms with Gasteiger partial charge >= 0.3 is 11.9 Å². The number of esters is 2. The summed E-state index contributed by atoms with van der Waals surface area (Å²) in [7, 11) is 0. The quantitative estimate of drug-likeness (QED) is 0.214. The van der Waals surface area contributed by atoms with Crippen LogP contribution in [0.25, 0.3) is 0 Å². The van der Waals surface area contributed by atoms with E-state index in [9.17, 15) is 24.8 Å². The Bertz CT molecular complexity index is 672. The number of phenolic OH excluding ortho intramolecular Hbond substituents is 1. The number of benzene rings is 1. The lowest BCUT2D eigenvalue weighted by Crippen LogP contribution is -2.42. The minimum atomic E-state index is -1.38. The summed E-state index contributed by atoms with van der Waals surface area (Å²) in [4.78, 5) is 33.6. The minimum Gasteiger partial charge on any atom is -0.505 e. The smallest absolute Gasteiger partial charge is 0.350 e. The number of nitrogens with zero attached hydrogens (tertiary/aromatic N) is 1. The first-order chi connectivity index (χ1) is 10.2. The van der Waals surface area contributed by atoms with Gasteiger partial charge in [0.25, 0.3) is 11.5 Å². The Balaban J connectivity index is 2.31. The highest BCUT2D eigenvalue weighted by Gasteiger charge is 2.39. The molecule has 0 atom stereocenters. The number of para-hydroxylation sites is 1. The van der Waals surface area contributed by atoms with E-state index in [1.165, 1.54) is 26.0 Å². The molecule has 1 heterocycles. The zero-order valence-corrected chi connectivity index (χ0v) is 11.7. The summed E-state index contributed by atoms with van der Waals surface area (Å²) >= 11 is 0. The highest BCUT2D eigenvalue weighted by Crippen LogP contribution is 2.33. The van der Waals surface area contributed by atoms with Crippen LogP contribution in [0.15, 0.2) is 30.0 Å². The number of nitro benzene ring substituents is 1. The molecule has 1 aliphatic heterocycles. The zero-order valence-electron chi connectivity index (χ0n) is 11.7. The molecule has 9 heteroatoms. The van der Waals surface area contributed by atoms with E-state index in [4.69, 9.17) is 9.47 Å². The summed E-state index contributed by atoms with van der Waals surface area (Å²) < 4.78 is 9.73. The molecular weight excluding hydrogens is 296 g/mol. The van der Waals surface area contributed by atoms with Gasteiger partial charge in [-0.2, -0.15) is 0 Å². The fourth-order valence-electron chi connectivity index (χ4n) is 1.75. The fourth-order valence-corrected chi connectivity index (χ4v) is 1.75. The van der Waals surface area contributed by atoms with E-state index in [-0.39, 0.29) is 5.69 Å². The Hall–Kier alpha value is -3.10. The first-order valence-corrected chi connectivity index (χ1v) is 6.11. The normalized spacial score (nSPS) is 16.5. The summed E-state index contributed by atoms with van der Waals surface area (Å²) in [6, 6.07) is 3.66. The van der Waals surface area contributed by atoms with Gasteiger partial charge in [0, 0.05) is 26.1 Å². The van der Waals surface area contributed by atoms with Gasteiger partial charge in [-0.15, -0.1) is 0 Å². The lowest BCUT2D eigenvalue weighted by molar-refractivity contribution is -0.384. The molecule has 0 aliphatic carbocycles. The Morgan fingerprint density at radius 1 is 1.27 bits per heavy atom. The van der Waals surface area contributed by atoms with Crippen LogP contribution >= 0.6 is 0 Å². The van der Waals surface area contributed by atoms with Crippen molar-refractivity contribution in [2.24, 2.45) is 0 Å². The highest BCUT2D eigenvalue weighted by molar-refractivity contribution is 6.15. The highest BCUT2D eigenvalue weighted by atomic mass is 16.7. The molecule has 22 heavy (non-hydrogen) atoms.